The Hall–Kier alpha value is -0.670. The first-order valence-corrected chi connectivity index (χ1v) is 5.71. The Bertz CT molecular complexity index is 324. The maximum absolute atomic E-state index is 13.3. The summed E-state index contributed by atoms with van der Waals surface area (Å²) in [7, 11) is 0. The van der Waals surface area contributed by atoms with Gasteiger partial charge in [0.25, 0.3) is 0 Å². The zero-order chi connectivity index (χ0) is 12.1. The number of halogens is 3. The molecule has 90 valence electrons. The van der Waals surface area contributed by atoms with Crippen molar-refractivity contribution in [1.29, 1.82) is 0 Å². The lowest BCUT2D eigenvalue weighted by atomic mass is 9.98. The maximum Gasteiger partial charge on any atom is 0.172 e. The highest BCUT2D eigenvalue weighted by Gasteiger charge is 2.16. The van der Waals surface area contributed by atoms with E-state index in [1.165, 1.54) is 6.92 Å². The molecule has 0 aromatic rings. The van der Waals surface area contributed by atoms with Gasteiger partial charge >= 0.3 is 0 Å². The van der Waals surface area contributed by atoms with Gasteiger partial charge < -0.3 is 5.32 Å². The van der Waals surface area contributed by atoms with Crippen LogP contribution in [-0.2, 0) is 0 Å². The van der Waals surface area contributed by atoms with E-state index in [4.69, 9.17) is 11.6 Å². The maximum atomic E-state index is 13.3. The van der Waals surface area contributed by atoms with E-state index in [9.17, 15) is 8.78 Å². The second kappa shape index (κ2) is 6.16. The van der Waals surface area contributed by atoms with Gasteiger partial charge in [-0.25, -0.2) is 8.78 Å². The molecule has 0 saturated carbocycles. The first kappa shape index (κ1) is 13.4. The third kappa shape index (κ3) is 3.72. The Labute approximate surface area is 99.9 Å². The number of nitrogens with one attached hydrogen (secondary N) is 1. The average Bonchev–Trinajstić information content (AvgIpc) is 2.28. The molecule has 4 heteroatoms. The van der Waals surface area contributed by atoms with E-state index < -0.39 is 11.7 Å². The van der Waals surface area contributed by atoms with Crippen molar-refractivity contribution in [2.45, 2.75) is 32.2 Å². The molecular formula is C12H16ClF2N. The molecule has 0 aromatic heterocycles. The van der Waals surface area contributed by atoms with Crippen molar-refractivity contribution in [2.75, 3.05) is 6.54 Å². The molecule has 0 radical (unpaired) electrons. The summed E-state index contributed by atoms with van der Waals surface area (Å²) in [5, 5.41) is 3.03. The van der Waals surface area contributed by atoms with Gasteiger partial charge in [0, 0.05) is 6.04 Å². The van der Waals surface area contributed by atoms with Crippen LogP contribution in [0.1, 0.15) is 26.2 Å². The molecule has 1 fully saturated rings. The van der Waals surface area contributed by atoms with Gasteiger partial charge in [-0.1, -0.05) is 24.6 Å². The minimum atomic E-state index is -1.02. The minimum absolute atomic E-state index is 0.0444. The second-order valence-electron chi connectivity index (χ2n) is 3.92. The Morgan fingerprint density at radius 3 is 2.62 bits per heavy atom. The van der Waals surface area contributed by atoms with Gasteiger partial charge in [-0.05, 0) is 38.0 Å². The standard InChI is InChI=1S/C12H16ClF2N/c1-8(11-5-3-4-6-16-11)7-10(14)12(15)9(2)13/h7,11,16H,1,3-6H2,2H3/b10-7+,12-9-/t11-/m0/s1. The Morgan fingerprint density at radius 1 is 1.44 bits per heavy atom. The molecule has 1 aliphatic heterocycles. The van der Waals surface area contributed by atoms with Crippen molar-refractivity contribution < 1.29 is 8.78 Å². The van der Waals surface area contributed by atoms with Crippen molar-refractivity contribution in [1.82, 2.24) is 5.32 Å². The van der Waals surface area contributed by atoms with Crippen LogP contribution in [0.2, 0.25) is 0 Å². The third-order valence-electron chi connectivity index (χ3n) is 2.58. The third-order valence-corrected chi connectivity index (χ3v) is 2.75. The van der Waals surface area contributed by atoms with Crippen LogP contribution >= 0.6 is 11.6 Å². The number of hydrogen-bond donors (Lipinski definition) is 1. The van der Waals surface area contributed by atoms with Gasteiger partial charge in [-0.2, -0.15) is 0 Å². The van der Waals surface area contributed by atoms with Crippen LogP contribution in [-0.4, -0.2) is 12.6 Å². The first-order chi connectivity index (χ1) is 7.52. The first-order valence-electron chi connectivity index (χ1n) is 5.34. The van der Waals surface area contributed by atoms with Crippen molar-refractivity contribution in [2.24, 2.45) is 0 Å². The van der Waals surface area contributed by atoms with Gasteiger partial charge in [-0.3, -0.25) is 0 Å². The van der Waals surface area contributed by atoms with Crippen molar-refractivity contribution in [3.8, 4) is 0 Å². The van der Waals surface area contributed by atoms with E-state index in [1.54, 1.807) is 0 Å². The highest BCUT2D eigenvalue weighted by Crippen LogP contribution is 2.23. The molecule has 0 aromatic carbocycles. The van der Waals surface area contributed by atoms with Crippen LogP contribution < -0.4 is 5.32 Å². The summed E-state index contributed by atoms with van der Waals surface area (Å²) in [4.78, 5) is 0. The molecule has 1 N–H and O–H groups in total. The van der Waals surface area contributed by atoms with Crippen molar-refractivity contribution >= 4 is 11.6 Å². The summed E-state index contributed by atoms with van der Waals surface area (Å²) in [5.41, 5.74) is 0.560. The van der Waals surface area contributed by atoms with Gasteiger partial charge in [0.05, 0.1) is 5.03 Å². The highest BCUT2D eigenvalue weighted by molar-refractivity contribution is 6.29. The summed E-state index contributed by atoms with van der Waals surface area (Å²) >= 11 is 5.37. The van der Waals surface area contributed by atoms with Crippen LogP contribution in [0.4, 0.5) is 8.78 Å². The fourth-order valence-electron chi connectivity index (χ4n) is 1.66. The summed E-state index contributed by atoms with van der Waals surface area (Å²) in [6, 6.07) is 0.0444. The molecular weight excluding hydrogens is 232 g/mol. The van der Waals surface area contributed by atoms with Gasteiger partial charge in [0.1, 0.15) is 0 Å². The van der Waals surface area contributed by atoms with E-state index in [0.29, 0.717) is 5.57 Å². The van der Waals surface area contributed by atoms with E-state index in [2.05, 4.69) is 11.9 Å². The predicted octanol–water partition coefficient (Wildman–Crippen LogP) is 3.98. The molecule has 0 aliphatic carbocycles. The summed E-state index contributed by atoms with van der Waals surface area (Å²) in [5.74, 6) is -1.97. The monoisotopic (exact) mass is 247 g/mol. The summed E-state index contributed by atoms with van der Waals surface area (Å²) < 4.78 is 26.4. The normalized spacial score (nSPS) is 24.0. The lowest BCUT2D eigenvalue weighted by Crippen LogP contribution is -2.34. The van der Waals surface area contributed by atoms with Gasteiger partial charge in [0.15, 0.2) is 11.7 Å². The van der Waals surface area contributed by atoms with Gasteiger partial charge in [0.2, 0.25) is 0 Å². The molecule has 1 nitrogen and oxygen atoms in total. The Balaban J connectivity index is 2.68. The zero-order valence-corrected chi connectivity index (χ0v) is 10.1. The quantitative estimate of drug-likeness (QED) is 0.744. The predicted molar refractivity (Wildman–Crippen MR) is 63.6 cm³/mol. The van der Waals surface area contributed by atoms with Crippen molar-refractivity contribution in [3.05, 3.63) is 34.9 Å². The minimum Gasteiger partial charge on any atom is -0.310 e. The largest absolute Gasteiger partial charge is 0.310 e. The van der Waals surface area contributed by atoms with Gasteiger partial charge in [-0.15, -0.1) is 0 Å². The van der Waals surface area contributed by atoms with E-state index in [0.717, 1.165) is 31.9 Å². The molecule has 0 spiro atoms. The molecule has 0 unspecified atom stereocenters. The molecule has 0 amide bonds. The number of rotatable bonds is 3. The smallest absolute Gasteiger partial charge is 0.172 e. The lowest BCUT2D eigenvalue weighted by Gasteiger charge is -2.23. The van der Waals surface area contributed by atoms with Crippen LogP contribution in [0, 0.1) is 0 Å². The topological polar surface area (TPSA) is 12.0 Å². The second-order valence-corrected chi connectivity index (χ2v) is 4.48. The van der Waals surface area contributed by atoms with E-state index in [1.807, 2.05) is 0 Å². The fraction of sp³-hybridized carbons (Fsp3) is 0.500. The summed E-state index contributed by atoms with van der Waals surface area (Å²) in [6.07, 6.45) is 4.22. The van der Waals surface area contributed by atoms with Crippen molar-refractivity contribution in [3.63, 3.8) is 0 Å². The molecule has 1 heterocycles. The van der Waals surface area contributed by atoms with Crippen LogP contribution in [0.15, 0.2) is 34.9 Å². The SMILES string of the molecule is C=C(/C=C(F)\C(F)=C(/C)Cl)[C@@H]1CCCCN1. The molecule has 16 heavy (non-hydrogen) atoms. The molecule has 1 aliphatic rings. The lowest BCUT2D eigenvalue weighted by molar-refractivity contribution is 0.443. The van der Waals surface area contributed by atoms with Crippen LogP contribution in [0.3, 0.4) is 0 Å². The van der Waals surface area contributed by atoms with E-state index in [-0.39, 0.29) is 11.1 Å². The number of piperidine rings is 1. The van der Waals surface area contributed by atoms with E-state index >= 15 is 0 Å². The zero-order valence-electron chi connectivity index (χ0n) is 9.32. The highest BCUT2D eigenvalue weighted by atomic mass is 35.5. The molecule has 1 atom stereocenters. The number of allylic oxidation sites excluding steroid dienone is 3. The fourth-order valence-corrected chi connectivity index (χ4v) is 1.75. The molecule has 1 saturated heterocycles. The summed E-state index contributed by atoms with van der Waals surface area (Å²) in [6.45, 7) is 5.96. The van der Waals surface area contributed by atoms with Crippen LogP contribution in [0.5, 0.6) is 0 Å². The average molecular weight is 248 g/mol. The number of hydrogen-bond acceptors (Lipinski definition) is 1. The Kier molecular flexibility index (Phi) is 5.16. The molecule has 1 rings (SSSR count). The Morgan fingerprint density at radius 2 is 2.12 bits per heavy atom. The van der Waals surface area contributed by atoms with Crippen LogP contribution in [0.25, 0.3) is 0 Å². The molecule has 0 bridgehead atoms.